The fourth-order valence-corrected chi connectivity index (χ4v) is 3.41. The van der Waals surface area contributed by atoms with E-state index in [-0.39, 0.29) is 5.75 Å². The van der Waals surface area contributed by atoms with E-state index in [2.05, 4.69) is 4.90 Å². The molecule has 5 heteroatoms. The molecule has 1 aromatic carbocycles. The second kappa shape index (κ2) is 5.92. The van der Waals surface area contributed by atoms with Crippen LogP contribution in [0.25, 0.3) is 0 Å². The van der Waals surface area contributed by atoms with Gasteiger partial charge in [-0.05, 0) is 49.6 Å². The molecule has 0 radical (unpaired) electrons. The fraction of sp³-hybridized carbons (Fsp3) is 0.571. The van der Waals surface area contributed by atoms with E-state index in [1.54, 1.807) is 19.1 Å². The molecular weight excluding hydrogens is 260 g/mol. The van der Waals surface area contributed by atoms with Crippen molar-refractivity contribution in [3.63, 3.8) is 0 Å². The third kappa shape index (κ3) is 3.28. The van der Waals surface area contributed by atoms with Crippen molar-refractivity contribution in [1.82, 2.24) is 0 Å². The second-order valence-electron chi connectivity index (χ2n) is 5.09. The minimum atomic E-state index is -3.10. The first-order valence-electron chi connectivity index (χ1n) is 6.84. The van der Waals surface area contributed by atoms with Crippen LogP contribution in [0.5, 0.6) is 0 Å². The number of anilines is 1. The number of hydrogen-bond acceptors (Lipinski definition) is 4. The van der Waals surface area contributed by atoms with Crippen LogP contribution in [-0.4, -0.2) is 33.8 Å². The van der Waals surface area contributed by atoms with E-state index >= 15 is 0 Å². The molecule has 0 spiro atoms. The lowest BCUT2D eigenvalue weighted by Crippen LogP contribution is -2.38. The molecule has 1 heterocycles. The van der Waals surface area contributed by atoms with Crippen LogP contribution in [0.4, 0.5) is 5.69 Å². The summed E-state index contributed by atoms with van der Waals surface area (Å²) in [6.07, 6.45) is 2.34. The number of nitrogens with zero attached hydrogens (tertiary/aromatic N) is 1. The largest absolute Gasteiger partial charge is 0.371 e. The highest BCUT2D eigenvalue weighted by Gasteiger charge is 2.19. The minimum Gasteiger partial charge on any atom is -0.371 e. The fourth-order valence-electron chi connectivity index (χ4n) is 2.52. The average molecular weight is 282 g/mol. The molecule has 1 aromatic rings. The van der Waals surface area contributed by atoms with Crippen molar-refractivity contribution < 1.29 is 8.42 Å². The van der Waals surface area contributed by atoms with Gasteiger partial charge in [-0.25, -0.2) is 8.42 Å². The van der Waals surface area contributed by atoms with Crippen LogP contribution >= 0.6 is 0 Å². The van der Waals surface area contributed by atoms with Gasteiger partial charge in [0.15, 0.2) is 9.84 Å². The monoisotopic (exact) mass is 282 g/mol. The van der Waals surface area contributed by atoms with Gasteiger partial charge >= 0.3 is 0 Å². The van der Waals surface area contributed by atoms with Crippen LogP contribution < -0.4 is 10.6 Å². The predicted molar refractivity (Wildman–Crippen MR) is 78.2 cm³/mol. The minimum absolute atomic E-state index is 0.144. The van der Waals surface area contributed by atoms with Crippen LogP contribution in [0.3, 0.4) is 0 Å². The van der Waals surface area contributed by atoms with Crippen LogP contribution in [0, 0.1) is 5.92 Å². The van der Waals surface area contributed by atoms with Crippen LogP contribution in [0.1, 0.15) is 19.8 Å². The van der Waals surface area contributed by atoms with E-state index in [9.17, 15) is 8.42 Å². The zero-order valence-corrected chi connectivity index (χ0v) is 12.2. The van der Waals surface area contributed by atoms with Gasteiger partial charge in [0, 0.05) is 18.8 Å². The number of nitrogens with two attached hydrogens (primary N) is 1. The summed E-state index contributed by atoms with van der Waals surface area (Å²) in [5, 5.41) is 0. The standard InChI is InChI=1S/C14H22N2O2S/c1-2-19(17,18)14-7-5-13(6-8-14)16-9-3-4-12(10-15)11-16/h5-8,12H,2-4,9-11,15H2,1H3. The van der Waals surface area contributed by atoms with Gasteiger partial charge in [-0.3, -0.25) is 0 Å². The van der Waals surface area contributed by atoms with Gasteiger partial charge in [0.05, 0.1) is 10.6 Å². The maximum Gasteiger partial charge on any atom is 0.178 e. The Morgan fingerprint density at radius 1 is 1.32 bits per heavy atom. The Balaban J connectivity index is 2.14. The van der Waals surface area contributed by atoms with Gasteiger partial charge in [0.1, 0.15) is 0 Å². The van der Waals surface area contributed by atoms with Crippen LogP contribution in [0.2, 0.25) is 0 Å². The Morgan fingerprint density at radius 3 is 2.58 bits per heavy atom. The van der Waals surface area contributed by atoms with Crippen molar-refractivity contribution in [2.45, 2.75) is 24.7 Å². The number of piperidine rings is 1. The van der Waals surface area contributed by atoms with E-state index in [0.717, 1.165) is 31.7 Å². The SMILES string of the molecule is CCS(=O)(=O)c1ccc(N2CCCC(CN)C2)cc1. The third-order valence-electron chi connectivity index (χ3n) is 3.79. The Kier molecular flexibility index (Phi) is 4.47. The molecule has 4 nitrogen and oxygen atoms in total. The van der Waals surface area contributed by atoms with Crippen molar-refractivity contribution in [2.24, 2.45) is 11.7 Å². The van der Waals surface area contributed by atoms with Crippen LogP contribution in [-0.2, 0) is 9.84 Å². The number of sulfone groups is 1. The molecule has 2 rings (SSSR count). The molecule has 0 aromatic heterocycles. The lowest BCUT2D eigenvalue weighted by molar-refractivity contribution is 0.423. The van der Waals surface area contributed by atoms with Gasteiger partial charge in [0.25, 0.3) is 0 Å². The van der Waals surface area contributed by atoms with Gasteiger partial charge in [-0.1, -0.05) is 6.92 Å². The zero-order valence-electron chi connectivity index (χ0n) is 11.4. The first kappa shape index (κ1) is 14.3. The molecule has 1 fully saturated rings. The molecule has 0 bridgehead atoms. The number of rotatable bonds is 4. The normalized spacial score (nSPS) is 20.5. The molecule has 19 heavy (non-hydrogen) atoms. The van der Waals surface area contributed by atoms with E-state index < -0.39 is 9.84 Å². The summed E-state index contributed by atoms with van der Waals surface area (Å²) in [5.74, 6) is 0.693. The lowest BCUT2D eigenvalue weighted by atomic mass is 9.98. The van der Waals surface area contributed by atoms with Crippen molar-refractivity contribution in [2.75, 3.05) is 30.3 Å². The number of hydrogen-bond donors (Lipinski definition) is 1. The molecule has 2 N–H and O–H groups in total. The molecule has 1 saturated heterocycles. The van der Waals surface area contributed by atoms with Crippen molar-refractivity contribution >= 4 is 15.5 Å². The molecule has 0 aliphatic carbocycles. The Morgan fingerprint density at radius 2 is 2.00 bits per heavy atom. The topological polar surface area (TPSA) is 63.4 Å². The van der Waals surface area contributed by atoms with E-state index in [1.165, 1.54) is 6.42 Å². The lowest BCUT2D eigenvalue weighted by Gasteiger charge is -2.34. The molecule has 1 aliphatic rings. The van der Waals surface area contributed by atoms with Gasteiger partial charge in [-0.2, -0.15) is 0 Å². The average Bonchev–Trinajstić information content (AvgIpc) is 2.47. The summed E-state index contributed by atoms with van der Waals surface area (Å²) in [6, 6.07) is 7.23. The van der Waals surface area contributed by atoms with Gasteiger partial charge in [0.2, 0.25) is 0 Å². The smallest absolute Gasteiger partial charge is 0.178 e. The van der Waals surface area contributed by atoms with Crippen molar-refractivity contribution in [1.29, 1.82) is 0 Å². The highest BCUT2D eigenvalue weighted by molar-refractivity contribution is 7.91. The first-order valence-corrected chi connectivity index (χ1v) is 8.50. The summed E-state index contributed by atoms with van der Waals surface area (Å²) < 4.78 is 23.5. The maximum absolute atomic E-state index is 11.8. The molecule has 1 atom stereocenters. The summed E-state index contributed by atoms with van der Waals surface area (Å²) >= 11 is 0. The van der Waals surface area contributed by atoms with Crippen LogP contribution in [0.15, 0.2) is 29.2 Å². The highest BCUT2D eigenvalue weighted by atomic mass is 32.2. The van der Waals surface area contributed by atoms with Crippen molar-refractivity contribution in [3.8, 4) is 0 Å². The predicted octanol–water partition coefficient (Wildman–Crippen LogP) is 1.66. The molecule has 0 amide bonds. The van der Waals surface area contributed by atoms with Gasteiger partial charge < -0.3 is 10.6 Å². The second-order valence-corrected chi connectivity index (χ2v) is 7.37. The Hall–Kier alpha value is -1.07. The summed E-state index contributed by atoms with van der Waals surface area (Å²) in [6.45, 7) is 4.38. The van der Waals surface area contributed by atoms with E-state index in [4.69, 9.17) is 5.73 Å². The molecule has 106 valence electrons. The summed E-state index contributed by atoms with van der Waals surface area (Å²) in [7, 11) is -3.10. The molecule has 1 aliphatic heterocycles. The summed E-state index contributed by atoms with van der Waals surface area (Å²) in [4.78, 5) is 2.70. The number of benzene rings is 1. The maximum atomic E-state index is 11.8. The molecule has 0 saturated carbocycles. The molecular formula is C14H22N2O2S. The molecule has 1 unspecified atom stereocenters. The highest BCUT2D eigenvalue weighted by Crippen LogP contribution is 2.24. The van der Waals surface area contributed by atoms with E-state index in [1.807, 2.05) is 12.1 Å². The van der Waals surface area contributed by atoms with E-state index in [0.29, 0.717) is 10.8 Å². The van der Waals surface area contributed by atoms with Gasteiger partial charge in [-0.15, -0.1) is 0 Å². The summed E-state index contributed by atoms with van der Waals surface area (Å²) in [5.41, 5.74) is 6.83. The first-order chi connectivity index (χ1) is 9.06. The van der Waals surface area contributed by atoms with Crippen molar-refractivity contribution in [3.05, 3.63) is 24.3 Å². The third-order valence-corrected chi connectivity index (χ3v) is 5.54. The Labute approximate surface area is 115 Å². The quantitative estimate of drug-likeness (QED) is 0.912. The Bertz CT molecular complexity index is 511. The zero-order chi connectivity index (χ0) is 13.9.